The lowest BCUT2D eigenvalue weighted by atomic mass is 10.1. The molecule has 2 aromatic carbocycles. The van der Waals surface area contributed by atoms with Crippen LogP contribution in [0.15, 0.2) is 53.4 Å². The number of hydrogen-bond donors (Lipinski definition) is 2. The van der Waals surface area contributed by atoms with Gasteiger partial charge >= 0.3 is 0 Å². The van der Waals surface area contributed by atoms with E-state index in [-0.39, 0.29) is 23.4 Å². The number of carbonyl (C=O) groups excluding carboxylic acids is 1. The van der Waals surface area contributed by atoms with Gasteiger partial charge in [-0.15, -0.1) is 0 Å². The standard InChI is InChI=1S/C19H23N3O3S/c1-14-11-16-12-17(26(20,24)25)7-8-18(16)22(14)13-19(23)21-10-9-15-5-3-2-4-6-15/h2-8,12,14H,9-11,13H2,1H3,(H,21,23)(H2,20,24,25)/t14-/m0/s1. The van der Waals surface area contributed by atoms with Crippen molar-refractivity contribution in [2.75, 3.05) is 18.0 Å². The monoisotopic (exact) mass is 373 g/mol. The molecule has 138 valence electrons. The van der Waals surface area contributed by atoms with E-state index in [1.54, 1.807) is 12.1 Å². The van der Waals surface area contributed by atoms with Gasteiger partial charge in [-0.05, 0) is 49.1 Å². The number of primary sulfonamides is 1. The van der Waals surface area contributed by atoms with Crippen LogP contribution >= 0.6 is 0 Å². The van der Waals surface area contributed by atoms with E-state index in [2.05, 4.69) is 5.32 Å². The Balaban J connectivity index is 1.61. The van der Waals surface area contributed by atoms with Crippen molar-refractivity contribution >= 4 is 21.6 Å². The van der Waals surface area contributed by atoms with Crippen molar-refractivity contribution in [3.05, 3.63) is 59.7 Å². The SMILES string of the molecule is C[C@H]1Cc2cc(S(N)(=O)=O)ccc2N1CC(=O)NCCc1ccccc1. The zero-order valence-electron chi connectivity index (χ0n) is 14.7. The van der Waals surface area contributed by atoms with Crippen LogP contribution in [0.5, 0.6) is 0 Å². The summed E-state index contributed by atoms with van der Waals surface area (Å²) in [5, 5.41) is 8.15. The van der Waals surface area contributed by atoms with E-state index in [9.17, 15) is 13.2 Å². The van der Waals surface area contributed by atoms with Gasteiger partial charge in [0.25, 0.3) is 0 Å². The molecule has 3 rings (SSSR count). The minimum absolute atomic E-state index is 0.0452. The third-order valence-corrected chi connectivity index (χ3v) is 5.54. The van der Waals surface area contributed by atoms with Crippen molar-refractivity contribution in [1.82, 2.24) is 5.32 Å². The van der Waals surface area contributed by atoms with E-state index in [0.717, 1.165) is 17.7 Å². The molecule has 3 N–H and O–H groups in total. The largest absolute Gasteiger partial charge is 0.359 e. The molecule has 1 amide bonds. The smallest absolute Gasteiger partial charge is 0.239 e. The lowest BCUT2D eigenvalue weighted by Crippen LogP contribution is -2.40. The van der Waals surface area contributed by atoms with Gasteiger partial charge < -0.3 is 10.2 Å². The van der Waals surface area contributed by atoms with Gasteiger partial charge in [0, 0.05) is 18.3 Å². The number of amides is 1. The number of carbonyl (C=O) groups is 1. The van der Waals surface area contributed by atoms with Crippen molar-refractivity contribution < 1.29 is 13.2 Å². The Labute approximate surface area is 154 Å². The maximum absolute atomic E-state index is 12.3. The number of fused-ring (bicyclic) bond motifs is 1. The molecule has 0 saturated carbocycles. The topological polar surface area (TPSA) is 92.5 Å². The van der Waals surface area contributed by atoms with Crippen molar-refractivity contribution in [2.24, 2.45) is 5.14 Å². The summed E-state index contributed by atoms with van der Waals surface area (Å²) < 4.78 is 23.0. The summed E-state index contributed by atoms with van der Waals surface area (Å²) in [5.41, 5.74) is 2.98. The van der Waals surface area contributed by atoms with Gasteiger partial charge in [0.15, 0.2) is 0 Å². The van der Waals surface area contributed by atoms with Crippen LogP contribution in [0, 0.1) is 0 Å². The fourth-order valence-corrected chi connectivity index (χ4v) is 3.86. The van der Waals surface area contributed by atoms with E-state index in [4.69, 9.17) is 5.14 Å². The Bertz CT molecular complexity index is 898. The Morgan fingerprint density at radius 1 is 1.23 bits per heavy atom. The Morgan fingerprint density at radius 2 is 1.96 bits per heavy atom. The molecule has 0 radical (unpaired) electrons. The second kappa shape index (κ2) is 7.47. The molecule has 1 aliphatic rings. The first-order valence-corrected chi connectivity index (χ1v) is 10.1. The number of sulfonamides is 1. The maximum Gasteiger partial charge on any atom is 0.239 e. The van der Waals surface area contributed by atoms with Crippen LogP contribution in [0.2, 0.25) is 0 Å². The second-order valence-electron chi connectivity index (χ2n) is 6.60. The molecule has 0 aromatic heterocycles. The fourth-order valence-electron chi connectivity index (χ4n) is 3.29. The van der Waals surface area contributed by atoms with E-state index >= 15 is 0 Å². The molecule has 26 heavy (non-hydrogen) atoms. The Hall–Kier alpha value is -2.38. The quantitative estimate of drug-likeness (QED) is 0.801. The lowest BCUT2D eigenvalue weighted by molar-refractivity contribution is -0.119. The maximum atomic E-state index is 12.3. The third-order valence-electron chi connectivity index (χ3n) is 4.63. The highest BCUT2D eigenvalue weighted by Crippen LogP contribution is 2.33. The number of benzene rings is 2. The van der Waals surface area contributed by atoms with Crippen molar-refractivity contribution in [1.29, 1.82) is 0 Å². The highest BCUT2D eigenvalue weighted by molar-refractivity contribution is 7.89. The van der Waals surface area contributed by atoms with Crippen LogP contribution in [-0.4, -0.2) is 33.5 Å². The second-order valence-corrected chi connectivity index (χ2v) is 8.16. The van der Waals surface area contributed by atoms with Crippen LogP contribution in [0.25, 0.3) is 0 Å². The molecule has 2 aromatic rings. The normalized spacial score (nSPS) is 16.4. The van der Waals surface area contributed by atoms with Crippen LogP contribution in [-0.2, 0) is 27.7 Å². The number of nitrogens with zero attached hydrogens (tertiary/aromatic N) is 1. The van der Waals surface area contributed by atoms with Gasteiger partial charge in [0.1, 0.15) is 0 Å². The summed E-state index contributed by atoms with van der Waals surface area (Å²) in [7, 11) is -3.72. The number of nitrogens with two attached hydrogens (primary N) is 1. The number of anilines is 1. The predicted octanol–water partition coefficient (Wildman–Crippen LogP) is 1.44. The van der Waals surface area contributed by atoms with Crippen molar-refractivity contribution in [3.63, 3.8) is 0 Å². The summed E-state index contributed by atoms with van der Waals surface area (Å²) in [4.78, 5) is 14.4. The highest BCUT2D eigenvalue weighted by Gasteiger charge is 2.28. The number of hydrogen-bond acceptors (Lipinski definition) is 4. The molecule has 1 heterocycles. The third kappa shape index (κ3) is 4.23. The average molecular weight is 373 g/mol. The van der Waals surface area contributed by atoms with Gasteiger partial charge in [0.05, 0.1) is 11.4 Å². The molecule has 0 spiro atoms. The molecular weight excluding hydrogens is 350 g/mol. The van der Waals surface area contributed by atoms with Crippen LogP contribution in [0.3, 0.4) is 0 Å². The van der Waals surface area contributed by atoms with E-state index < -0.39 is 10.0 Å². The minimum Gasteiger partial charge on any atom is -0.359 e. The molecule has 7 heteroatoms. The van der Waals surface area contributed by atoms with Gasteiger partial charge in [-0.25, -0.2) is 13.6 Å². The van der Waals surface area contributed by atoms with Crippen LogP contribution < -0.4 is 15.4 Å². The van der Waals surface area contributed by atoms with Crippen molar-refractivity contribution in [3.8, 4) is 0 Å². The molecular formula is C19H23N3O3S. The summed E-state index contributed by atoms with van der Waals surface area (Å²) in [5.74, 6) is -0.0452. The van der Waals surface area contributed by atoms with Gasteiger partial charge in [-0.2, -0.15) is 0 Å². The Morgan fingerprint density at radius 3 is 2.65 bits per heavy atom. The summed E-state index contributed by atoms with van der Waals surface area (Å²) in [6.45, 7) is 2.85. The fraction of sp³-hybridized carbons (Fsp3) is 0.316. The molecule has 0 bridgehead atoms. The van der Waals surface area contributed by atoms with E-state index in [1.807, 2.05) is 42.2 Å². The van der Waals surface area contributed by atoms with Gasteiger partial charge in [-0.3, -0.25) is 4.79 Å². The lowest BCUT2D eigenvalue weighted by Gasteiger charge is -2.24. The van der Waals surface area contributed by atoms with Crippen LogP contribution in [0.4, 0.5) is 5.69 Å². The molecule has 0 aliphatic carbocycles. The number of nitrogens with one attached hydrogen (secondary N) is 1. The first-order chi connectivity index (χ1) is 12.3. The Kier molecular flexibility index (Phi) is 5.29. The molecule has 0 unspecified atom stereocenters. The highest BCUT2D eigenvalue weighted by atomic mass is 32.2. The first kappa shape index (κ1) is 18.4. The first-order valence-electron chi connectivity index (χ1n) is 8.57. The summed E-state index contributed by atoms with van der Waals surface area (Å²) in [6, 6.07) is 15.0. The number of rotatable bonds is 6. The molecule has 1 aliphatic heterocycles. The van der Waals surface area contributed by atoms with E-state index in [1.165, 1.54) is 11.6 Å². The zero-order valence-corrected chi connectivity index (χ0v) is 15.5. The minimum atomic E-state index is -3.72. The average Bonchev–Trinajstić information content (AvgIpc) is 2.90. The summed E-state index contributed by atoms with van der Waals surface area (Å²) >= 11 is 0. The van der Waals surface area contributed by atoms with Crippen molar-refractivity contribution in [2.45, 2.75) is 30.7 Å². The predicted molar refractivity (Wildman–Crippen MR) is 101 cm³/mol. The summed E-state index contributed by atoms with van der Waals surface area (Å²) in [6.07, 6.45) is 1.48. The van der Waals surface area contributed by atoms with Gasteiger partial charge in [-0.1, -0.05) is 30.3 Å². The van der Waals surface area contributed by atoms with E-state index in [0.29, 0.717) is 13.0 Å². The molecule has 1 atom stereocenters. The zero-order chi connectivity index (χ0) is 18.7. The molecule has 6 nitrogen and oxygen atoms in total. The molecule has 0 saturated heterocycles. The van der Waals surface area contributed by atoms with Gasteiger partial charge in [0.2, 0.25) is 15.9 Å². The molecule has 0 fully saturated rings. The van der Waals surface area contributed by atoms with Crippen LogP contribution in [0.1, 0.15) is 18.1 Å².